The van der Waals surface area contributed by atoms with Crippen LogP contribution in [-0.4, -0.2) is 32.8 Å². The van der Waals surface area contributed by atoms with Crippen LogP contribution in [0.25, 0.3) is 0 Å². The first-order valence-electron chi connectivity index (χ1n) is 13.3. The van der Waals surface area contributed by atoms with Crippen LogP contribution in [0.1, 0.15) is 27.2 Å². The van der Waals surface area contributed by atoms with E-state index in [1.54, 1.807) is 11.8 Å². The molecule has 0 bridgehead atoms. The fraction of sp³-hybridized carbons (Fsp3) is 0.344. The minimum Gasteiger partial charge on any atom is -0.542 e. The molecule has 206 valence electrons. The molecule has 0 unspecified atom stereocenters. The molecule has 3 aromatic rings. The maximum absolute atomic E-state index is 13.3. The number of benzene rings is 3. The van der Waals surface area contributed by atoms with Gasteiger partial charge in [0, 0.05) is 11.3 Å². The van der Waals surface area contributed by atoms with Gasteiger partial charge in [0.05, 0.1) is 18.3 Å². The number of methoxy groups -OCH3 is 1. The minimum atomic E-state index is -2.33. The number of carbonyl (C=O) groups is 1. The van der Waals surface area contributed by atoms with Crippen LogP contribution in [0.3, 0.4) is 0 Å². The predicted octanol–water partition coefficient (Wildman–Crippen LogP) is 8.10. The summed E-state index contributed by atoms with van der Waals surface area (Å²) in [4.78, 5) is 14.3. The van der Waals surface area contributed by atoms with E-state index in [0.717, 1.165) is 4.90 Å². The van der Waals surface area contributed by atoms with Gasteiger partial charge in [-0.25, -0.2) is 0 Å². The average molecular weight is 563 g/mol. The quantitative estimate of drug-likeness (QED) is 0.194. The molecule has 0 heterocycles. The van der Waals surface area contributed by atoms with Gasteiger partial charge < -0.3 is 18.6 Å². The van der Waals surface area contributed by atoms with Gasteiger partial charge in [0.1, 0.15) is 11.5 Å². The number of esters is 1. The zero-order valence-corrected chi connectivity index (χ0v) is 25.4. The second-order valence-electron chi connectivity index (χ2n) is 11.1. The van der Waals surface area contributed by atoms with E-state index in [9.17, 15) is 4.79 Å². The van der Waals surface area contributed by atoms with Gasteiger partial charge in [-0.2, -0.15) is 0 Å². The van der Waals surface area contributed by atoms with E-state index < -0.39 is 20.3 Å². The van der Waals surface area contributed by atoms with Crippen molar-refractivity contribution in [2.24, 2.45) is 5.92 Å². The second kappa shape index (κ2) is 12.3. The smallest absolute Gasteiger partial charge is 0.310 e. The lowest BCUT2D eigenvalue weighted by atomic mass is 9.89. The number of thioether (sulfide) groups is 1. The van der Waals surface area contributed by atoms with Crippen molar-refractivity contribution in [2.75, 3.05) is 7.11 Å². The molecule has 7 heteroatoms. The van der Waals surface area contributed by atoms with E-state index in [1.807, 2.05) is 91.0 Å². The van der Waals surface area contributed by atoms with Crippen LogP contribution < -0.4 is 9.47 Å². The van der Waals surface area contributed by atoms with Gasteiger partial charge >= 0.3 is 5.97 Å². The van der Waals surface area contributed by atoms with Crippen molar-refractivity contribution < 1.29 is 23.4 Å². The number of para-hydroxylation sites is 2. The van der Waals surface area contributed by atoms with E-state index in [-0.39, 0.29) is 16.3 Å². The highest BCUT2D eigenvalue weighted by Crippen LogP contribution is 2.47. The minimum absolute atomic E-state index is 0.0591. The Morgan fingerprint density at radius 2 is 1.36 bits per heavy atom. The zero-order valence-electron chi connectivity index (χ0n) is 23.5. The first-order chi connectivity index (χ1) is 18.6. The van der Waals surface area contributed by atoms with Crippen LogP contribution in [0, 0.1) is 5.92 Å². The van der Waals surface area contributed by atoms with Gasteiger partial charge in [0.15, 0.2) is 17.6 Å². The second-order valence-corrected chi connectivity index (χ2v) is 17.1. The molecule has 0 aliphatic heterocycles. The molecule has 39 heavy (non-hydrogen) atoms. The van der Waals surface area contributed by atoms with Crippen molar-refractivity contribution >= 4 is 26.0 Å². The summed E-state index contributed by atoms with van der Waals surface area (Å²) in [5, 5.41) is -0.438. The van der Waals surface area contributed by atoms with E-state index in [2.05, 4.69) is 33.9 Å². The third kappa shape index (κ3) is 7.08. The molecule has 1 aliphatic carbocycles. The summed E-state index contributed by atoms with van der Waals surface area (Å²) in [6.07, 6.45) is -0.130. The number of rotatable bonds is 9. The predicted molar refractivity (Wildman–Crippen MR) is 159 cm³/mol. The molecular weight excluding hydrogens is 525 g/mol. The Kier molecular flexibility index (Phi) is 9.13. The molecule has 5 nitrogen and oxygen atoms in total. The third-order valence-electron chi connectivity index (χ3n) is 7.30. The lowest BCUT2D eigenvalue weighted by Crippen LogP contribution is -2.47. The van der Waals surface area contributed by atoms with E-state index in [0.29, 0.717) is 29.4 Å². The van der Waals surface area contributed by atoms with Crippen molar-refractivity contribution in [3.05, 3.63) is 103 Å². The number of hydrogen-bond donors (Lipinski definition) is 0. The molecule has 0 saturated carbocycles. The van der Waals surface area contributed by atoms with Gasteiger partial charge in [0.25, 0.3) is 0 Å². The van der Waals surface area contributed by atoms with Crippen molar-refractivity contribution in [2.45, 2.75) is 61.6 Å². The van der Waals surface area contributed by atoms with Crippen LogP contribution in [0.2, 0.25) is 18.1 Å². The Balaban J connectivity index is 1.91. The van der Waals surface area contributed by atoms with Gasteiger partial charge in [-0.15, -0.1) is 11.8 Å². The van der Waals surface area contributed by atoms with Crippen LogP contribution in [-0.2, 0) is 14.0 Å². The Bertz CT molecular complexity index is 1260. The molecule has 0 amide bonds. The third-order valence-corrected chi connectivity index (χ3v) is 13.0. The highest BCUT2D eigenvalue weighted by molar-refractivity contribution is 8.00. The number of ether oxygens (including phenoxy) is 3. The van der Waals surface area contributed by atoms with Crippen molar-refractivity contribution in [3.63, 3.8) is 0 Å². The molecule has 0 spiro atoms. The summed E-state index contributed by atoms with van der Waals surface area (Å²) < 4.78 is 25.6. The van der Waals surface area contributed by atoms with E-state index in [4.69, 9.17) is 18.6 Å². The molecule has 1 aliphatic rings. The summed E-state index contributed by atoms with van der Waals surface area (Å²) in [7, 11) is -0.900. The fourth-order valence-electron chi connectivity index (χ4n) is 4.13. The molecule has 0 fully saturated rings. The number of carbonyl (C=O) groups excluding carboxylic acids is 1. The molecule has 4 rings (SSSR count). The van der Waals surface area contributed by atoms with Gasteiger partial charge in [-0.3, -0.25) is 4.79 Å². The van der Waals surface area contributed by atoms with E-state index >= 15 is 0 Å². The van der Waals surface area contributed by atoms with Crippen molar-refractivity contribution in [3.8, 4) is 11.5 Å². The molecule has 0 radical (unpaired) electrons. The van der Waals surface area contributed by atoms with Crippen LogP contribution in [0.5, 0.6) is 11.5 Å². The molecule has 3 aromatic carbocycles. The topological polar surface area (TPSA) is 54.0 Å². The molecule has 0 saturated heterocycles. The molecular formula is C32H38O5SSi. The van der Waals surface area contributed by atoms with Gasteiger partial charge in [-0.1, -0.05) is 75.4 Å². The highest BCUT2D eigenvalue weighted by atomic mass is 32.2. The molecule has 3 atom stereocenters. The highest BCUT2D eigenvalue weighted by Gasteiger charge is 2.49. The van der Waals surface area contributed by atoms with Crippen LogP contribution >= 0.6 is 11.8 Å². The first-order valence-corrected chi connectivity index (χ1v) is 17.0. The summed E-state index contributed by atoms with van der Waals surface area (Å²) >= 11 is 1.59. The summed E-state index contributed by atoms with van der Waals surface area (Å²) in [5.41, 5.74) is 0. The molecule has 0 N–H and O–H groups in total. The van der Waals surface area contributed by atoms with Crippen molar-refractivity contribution in [1.82, 2.24) is 0 Å². The standard InChI is InChI=1S/C32H38O5SSi/c1-32(2,3)39(5,6)37-28-27(35-23-16-10-7-11-17-23)22-26(31(33)34-4)30(38-25-20-14-9-15-21-25)29(28)36-24-18-12-8-13-19-24/h7-21,26-27,30H,22H2,1-6H3/t26-,27+,30-/m1/s1. The monoisotopic (exact) mass is 562 g/mol. The Morgan fingerprint density at radius 3 is 1.90 bits per heavy atom. The largest absolute Gasteiger partial charge is 0.542 e. The Labute approximate surface area is 237 Å². The normalized spacial score (nSPS) is 19.8. The summed E-state index contributed by atoms with van der Waals surface area (Å²) in [6, 6.07) is 29.3. The van der Waals surface area contributed by atoms with Gasteiger partial charge in [-0.05, 0) is 54.5 Å². The Morgan fingerprint density at radius 1 is 0.821 bits per heavy atom. The average Bonchev–Trinajstić information content (AvgIpc) is 2.92. The summed E-state index contributed by atoms with van der Waals surface area (Å²) in [5.74, 6) is 1.82. The van der Waals surface area contributed by atoms with Crippen LogP contribution in [0.15, 0.2) is 107 Å². The maximum Gasteiger partial charge on any atom is 0.310 e. The summed E-state index contributed by atoms with van der Waals surface area (Å²) in [6.45, 7) is 11.1. The lowest BCUT2D eigenvalue weighted by molar-refractivity contribution is -0.146. The molecule has 0 aromatic heterocycles. The van der Waals surface area contributed by atoms with Crippen molar-refractivity contribution in [1.29, 1.82) is 0 Å². The maximum atomic E-state index is 13.3. The number of hydrogen-bond acceptors (Lipinski definition) is 6. The van der Waals surface area contributed by atoms with Crippen LogP contribution in [0.4, 0.5) is 0 Å². The van der Waals surface area contributed by atoms with Gasteiger partial charge in [0.2, 0.25) is 8.32 Å². The fourth-order valence-corrected chi connectivity index (χ4v) is 6.48. The van der Waals surface area contributed by atoms with E-state index in [1.165, 1.54) is 7.11 Å². The lowest BCUT2D eigenvalue weighted by Gasteiger charge is -2.43. The Hall–Kier alpha value is -3.16. The zero-order chi connectivity index (χ0) is 28.0. The first kappa shape index (κ1) is 28.8. The SMILES string of the molecule is COC(=O)[C@@H]1C[C@H](Oc2ccccc2)C(O[Si](C)(C)C(C)(C)C)=C(Oc2ccccc2)[C@@H]1Sc1ccccc1.